The summed E-state index contributed by atoms with van der Waals surface area (Å²) >= 11 is 0. The Kier molecular flexibility index (Phi) is 5.28. The molecule has 5 heteroatoms. The maximum absolute atomic E-state index is 13.9. The first-order valence-corrected chi connectivity index (χ1v) is 10.7. The lowest BCUT2D eigenvalue weighted by Crippen LogP contribution is -2.53. The van der Waals surface area contributed by atoms with E-state index < -0.39 is 17.8 Å². The molecule has 0 unspecified atom stereocenters. The Bertz CT molecular complexity index is 802. The monoisotopic (exact) mass is 396 g/mol. The van der Waals surface area contributed by atoms with Gasteiger partial charge in [0, 0.05) is 24.5 Å². The third kappa shape index (κ3) is 3.73. The van der Waals surface area contributed by atoms with Crippen LogP contribution in [0.4, 0.5) is 0 Å². The summed E-state index contributed by atoms with van der Waals surface area (Å²) in [7, 11) is 0. The van der Waals surface area contributed by atoms with Gasteiger partial charge >= 0.3 is 0 Å². The average molecular weight is 397 g/mol. The Balaban J connectivity index is 1.69. The molecule has 0 N–H and O–H groups in total. The van der Waals surface area contributed by atoms with Gasteiger partial charge in [0.1, 0.15) is 0 Å². The first-order chi connectivity index (χ1) is 13.8. The number of allylic oxidation sites excluding steroid dienone is 2. The molecule has 4 rings (SSSR count). The van der Waals surface area contributed by atoms with Crippen molar-refractivity contribution in [3.63, 3.8) is 0 Å². The predicted octanol–water partition coefficient (Wildman–Crippen LogP) is 2.72. The number of amides is 1. The normalized spacial score (nSPS) is 33.4. The van der Waals surface area contributed by atoms with E-state index in [1.807, 2.05) is 54.3 Å². The number of nitrogens with zero attached hydrogens (tertiary/aromatic N) is 1. The van der Waals surface area contributed by atoms with Crippen LogP contribution in [-0.4, -0.2) is 35.0 Å². The second kappa shape index (κ2) is 7.60. The number of ether oxygens (including phenoxy) is 1. The Labute approximate surface area is 172 Å². The van der Waals surface area contributed by atoms with Crippen LogP contribution >= 0.6 is 0 Å². The van der Waals surface area contributed by atoms with E-state index in [2.05, 4.69) is 13.8 Å². The highest BCUT2D eigenvalue weighted by atomic mass is 16.5. The van der Waals surface area contributed by atoms with Crippen molar-refractivity contribution in [2.45, 2.75) is 57.7 Å². The minimum atomic E-state index is -1.10. The number of carboxylic acids is 1. The fraction of sp³-hybridized carbons (Fsp3) is 0.583. The highest BCUT2D eigenvalue weighted by Gasteiger charge is 2.51. The van der Waals surface area contributed by atoms with E-state index in [9.17, 15) is 14.7 Å². The van der Waals surface area contributed by atoms with Crippen LogP contribution in [0.25, 0.3) is 0 Å². The Morgan fingerprint density at radius 3 is 2.41 bits per heavy atom. The molecule has 156 valence electrons. The fourth-order valence-electron chi connectivity index (χ4n) is 5.67. The van der Waals surface area contributed by atoms with E-state index in [4.69, 9.17) is 4.74 Å². The SMILES string of the molecule is C[C@@H](c1ccccc1)N(C(=O)[C@H]1[C@@H](C(=O)[O-])[C@@H]2C=C[C@H]1C2)[C@H]1CCOC(C)(C)C1. The van der Waals surface area contributed by atoms with Crippen LogP contribution in [0.5, 0.6) is 0 Å². The number of carboxylic acid groups (broad SMARTS) is 1. The maximum atomic E-state index is 13.9. The molecule has 6 atom stereocenters. The van der Waals surface area contributed by atoms with Gasteiger partial charge in [0.2, 0.25) is 5.91 Å². The summed E-state index contributed by atoms with van der Waals surface area (Å²) in [5.74, 6) is -2.49. The van der Waals surface area contributed by atoms with Gasteiger partial charge in [-0.2, -0.15) is 0 Å². The van der Waals surface area contributed by atoms with Crippen LogP contribution in [0, 0.1) is 23.7 Å². The van der Waals surface area contributed by atoms with Gasteiger partial charge in [-0.1, -0.05) is 42.5 Å². The molecule has 2 aliphatic carbocycles. The third-order valence-corrected chi connectivity index (χ3v) is 7.03. The predicted molar refractivity (Wildman–Crippen MR) is 107 cm³/mol. The first-order valence-electron chi connectivity index (χ1n) is 10.7. The van der Waals surface area contributed by atoms with Gasteiger partial charge in [0.15, 0.2) is 0 Å². The van der Waals surface area contributed by atoms with E-state index in [-0.39, 0.29) is 35.4 Å². The highest BCUT2D eigenvalue weighted by molar-refractivity contribution is 5.87. The highest BCUT2D eigenvalue weighted by Crippen LogP contribution is 2.49. The Morgan fingerprint density at radius 2 is 1.79 bits per heavy atom. The van der Waals surface area contributed by atoms with Gasteiger partial charge < -0.3 is 19.5 Å². The topological polar surface area (TPSA) is 69.7 Å². The summed E-state index contributed by atoms with van der Waals surface area (Å²) in [6.07, 6.45) is 6.23. The number of fused-ring (bicyclic) bond motifs is 2. The van der Waals surface area contributed by atoms with Crippen molar-refractivity contribution in [3.8, 4) is 0 Å². The van der Waals surface area contributed by atoms with Gasteiger partial charge in [-0.05, 0) is 57.4 Å². The van der Waals surface area contributed by atoms with E-state index in [1.165, 1.54) is 0 Å². The molecule has 2 bridgehead atoms. The van der Waals surface area contributed by atoms with Crippen molar-refractivity contribution in [2.24, 2.45) is 23.7 Å². The number of benzene rings is 1. The second-order valence-corrected chi connectivity index (χ2v) is 9.41. The molecule has 2 fully saturated rings. The summed E-state index contributed by atoms with van der Waals surface area (Å²) < 4.78 is 5.89. The molecule has 1 saturated heterocycles. The van der Waals surface area contributed by atoms with Gasteiger partial charge in [-0.15, -0.1) is 0 Å². The summed E-state index contributed by atoms with van der Waals surface area (Å²) in [5, 5.41) is 11.9. The number of aliphatic carboxylic acids is 1. The number of rotatable bonds is 5. The molecule has 1 saturated carbocycles. The minimum absolute atomic E-state index is 0.00581. The molecule has 1 aliphatic heterocycles. The summed E-state index contributed by atoms with van der Waals surface area (Å²) in [6.45, 7) is 6.76. The number of carbonyl (C=O) groups excluding carboxylic acids is 2. The molecule has 3 aliphatic rings. The van der Waals surface area contributed by atoms with Crippen molar-refractivity contribution >= 4 is 11.9 Å². The standard InChI is InChI=1S/C24H31NO4/c1-15(16-7-5-4-6-8-16)25(19-11-12-29-24(2,3)14-19)22(26)20-17-9-10-18(13-17)21(20)23(27)28/h4-10,15,17-21H,11-14H2,1-3H3,(H,27,28)/p-1/t15-,17-,18+,19-,20+,21-/m0/s1. The van der Waals surface area contributed by atoms with Gasteiger partial charge in [0.05, 0.1) is 17.6 Å². The largest absolute Gasteiger partial charge is 0.550 e. The molecule has 0 spiro atoms. The molecule has 0 radical (unpaired) electrons. The van der Waals surface area contributed by atoms with Crippen LogP contribution in [-0.2, 0) is 14.3 Å². The fourth-order valence-corrected chi connectivity index (χ4v) is 5.67. The lowest BCUT2D eigenvalue weighted by Gasteiger charge is -2.46. The maximum Gasteiger partial charge on any atom is 0.227 e. The van der Waals surface area contributed by atoms with Crippen LogP contribution in [0.1, 0.15) is 51.6 Å². The zero-order valence-corrected chi connectivity index (χ0v) is 17.4. The van der Waals surface area contributed by atoms with Crippen molar-refractivity contribution in [2.75, 3.05) is 6.61 Å². The second-order valence-electron chi connectivity index (χ2n) is 9.41. The van der Waals surface area contributed by atoms with Crippen LogP contribution in [0.3, 0.4) is 0 Å². The molecule has 0 aromatic heterocycles. The van der Waals surface area contributed by atoms with Crippen LogP contribution in [0.2, 0.25) is 0 Å². The summed E-state index contributed by atoms with van der Waals surface area (Å²) in [6, 6.07) is 9.88. The van der Waals surface area contributed by atoms with E-state index in [0.717, 1.165) is 24.8 Å². The molecule has 5 nitrogen and oxygen atoms in total. The summed E-state index contributed by atoms with van der Waals surface area (Å²) in [5.41, 5.74) is 0.758. The van der Waals surface area contributed by atoms with Crippen LogP contribution in [0.15, 0.2) is 42.5 Å². The van der Waals surface area contributed by atoms with E-state index in [1.54, 1.807) is 0 Å². The third-order valence-electron chi connectivity index (χ3n) is 7.03. The molecule has 29 heavy (non-hydrogen) atoms. The molecular formula is C24H30NO4-. The lowest BCUT2D eigenvalue weighted by molar-refractivity contribution is -0.313. The van der Waals surface area contributed by atoms with Gasteiger partial charge in [-0.25, -0.2) is 0 Å². The molecular weight excluding hydrogens is 366 g/mol. The molecule has 1 aromatic carbocycles. The van der Waals surface area contributed by atoms with Crippen molar-refractivity contribution in [1.82, 2.24) is 4.90 Å². The Morgan fingerprint density at radius 1 is 1.14 bits per heavy atom. The molecule has 1 aromatic rings. The van der Waals surface area contributed by atoms with Gasteiger partial charge in [-0.3, -0.25) is 4.79 Å². The van der Waals surface area contributed by atoms with Crippen molar-refractivity contribution in [1.29, 1.82) is 0 Å². The van der Waals surface area contributed by atoms with Crippen LogP contribution < -0.4 is 5.11 Å². The zero-order valence-electron chi connectivity index (χ0n) is 17.4. The summed E-state index contributed by atoms with van der Waals surface area (Å²) in [4.78, 5) is 27.8. The number of carbonyl (C=O) groups is 2. The van der Waals surface area contributed by atoms with Gasteiger partial charge in [0.25, 0.3) is 0 Å². The molecule has 1 amide bonds. The number of hydrogen-bond acceptors (Lipinski definition) is 4. The van der Waals surface area contributed by atoms with Crippen molar-refractivity contribution < 1.29 is 19.4 Å². The zero-order chi connectivity index (χ0) is 20.8. The smallest absolute Gasteiger partial charge is 0.227 e. The quantitative estimate of drug-likeness (QED) is 0.718. The minimum Gasteiger partial charge on any atom is -0.550 e. The first kappa shape index (κ1) is 20.1. The van der Waals surface area contributed by atoms with E-state index >= 15 is 0 Å². The van der Waals surface area contributed by atoms with E-state index in [0.29, 0.717) is 6.61 Å². The Hall–Kier alpha value is -2.14. The number of hydrogen-bond donors (Lipinski definition) is 0. The molecule has 1 heterocycles. The lowest BCUT2D eigenvalue weighted by atomic mass is 9.80. The van der Waals surface area contributed by atoms with Crippen molar-refractivity contribution in [3.05, 3.63) is 48.0 Å². The average Bonchev–Trinajstić information content (AvgIpc) is 3.29.